The highest BCUT2D eigenvalue weighted by molar-refractivity contribution is 6.35. The fourth-order valence-corrected chi connectivity index (χ4v) is 3.39. The molecule has 2 nitrogen and oxygen atoms in total. The number of rotatable bonds is 9. The standard InChI is InChI=1S/C24H25Cl2NO/c1-18(7-8-19-5-3-2-4-6-19)27-16-20-9-13-23(14-10-20)28-17-21-11-12-22(25)15-24(21)26/h2-6,9-15,18,27H,7-8,16-17H2,1H3. The van der Waals surface area contributed by atoms with Crippen LogP contribution >= 0.6 is 23.2 Å². The summed E-state index contributed by atoms with van der Waals surface area (Å²) in [7, 11) is 0. The first-order valence-corrected chi connectivity index (χ1v) is 10.3. The summed E-state index contributed by atoms with van der Waals surface area (Å²) in [5, 5.41) is 4.84. The summed E-state index contributed by atoms with van der Waals surface area (Å²) in [4.78, 5) is 0. The number of benzene rings is 3. The van der Waals surface area contributed by atoms with E-state index in [9.17, 15) is 0 Å². The van der Waals surface area contributed by atoms with Gasteiger partial charge in [0.15, 0.2) is 0 Å². The molecule has 28 heavy (non-hydrogen) atoms. The van der Waals surface area contributed by atoms with Crippen molar-refractivity contribution in [3.8, 4) is 5.75 Å². The number of halogens is 2. The lowest BCUT2D eigenvalue weighted by molar-refractivity contribution is 0.306. The molecule has 0 aliphatic rings. The molecule has 0 amide bonds. The fourth-order valence-electron chi connectivity index (χ4n) is 2.93. The average molecular weight is 414 g/mol. The Morgan fingerprint density at radius 3 is 2.36 bits per heavy atom. The Labute approximate surface area is 177 Å². The van der Waals surface area contributed by atoms with Crippen LogP contribution in [-0.2, 0) is 19.6 Å². The van der Waals surface area contributed by atoms with E-state index in [0.717, 1.165) is 30.7 Å². The van der Waals surface area contributed by atoms with Crippen LogP contribution in [0.25, 0.3) is 0 Å². The van der Waals surface area contributed by atoms with Crippen molar-refractivity contribution in [2.24, 2.45) is 0 Å². The van der Waals surface area contributed by atoms with Crippen molar-refractivity contribution < 1.29 is 4.74 Å². The summed E-state index contributed by atoms with van der Waals surface area (Å²) in [6.07, 6.45) is 2.21. The molecule has 4 heteroatoms. The maximum Gasteiger partial charge on any atom is 0.119 e. The maximum atomic E-state index is 6.18. The van der Waals surface area contributed by atoms with Crippen molar-refractivity contribution in [1.82, 2.24) is 5.32 Å². The Hall–Kier alpha value is -2.00. The van der Waals surface area contributed by atoms with Gasteiger partial charge < -0.3 is 10.1 Å². The highest BCUT2D eigenvalue weighted by Gasteiger charge is 2.05. The third-order valence-electron chi connectivity index (χ3n) is 4.70. The number of ether oxygens (including phenoxy) is 1. The summed E-state index contributed by atoms with van der Waals surface area (Å²) in [5.41, 5.74) is 3.55. The predicted octanol–water partition coefficient (Wildman–Crippen LogP) is 6.68. The largest absolute Gasteiger partial charge is 0.489 e. The molecule has 3 aromatic carbocycles. The van der Waals surface area contributed by atoms with Gasteiger partial charge in [0.1, 0.15) is 12.4 Å². The lowest BCUT2D eigenvalue weighted by Crippen LogP contribution is -2.25. The van der Waals surface area contributed by atoms with E-state index in [1.165, 1.54) is 11.1 Å². The molecule has 3 rings (SSSR count). The average Bonchev–Trinajstić information content (AvgIpc) is 2.71. The van der Waals surface area contributed by atoms with Gasteiger partial charge in [-0.15, -0.1) is 0 Å². The number of hydrogen-bond acceptors (Lipinski definition) is 2. The van der Waals surface area contributed by atoms with Crippen LogP contribution in [0, 0.1) is 0 Å². The fraction of sp³-hybridized carbons (Fsp3) is 0.250. The number of aryl methyl sites for hydroxylation is 1. The number of hydrogen-bond donors (Lipinski definition) is 1. The van der Waals surface area contributed by atoms with E-state index in [1.807, 2.05) is 24.3 Å². The van der Waals surface area contributed by atoms with Gasteiger partial charge in [-0.25, -0.2) is 0 Å². The van der Waals surface area contributed by atoms with Crippen molar-refractivity contribution in [3.05, 3.63) is 99.5 Å². The van der Waals surface area contributed by atoms with Gasteiger partial charge in [-0.05, 0) is 55.2 Å². The summed E-state index contributed by atoms with van der Waals surface area (Å²) in [6, 6.07) is 24.7. The van der Waals surface area contributed by atoms with Gasteiger partial charge in [-0.3, -0.25) is 0 Å². The predicted molar refractivity (Wildman–Crippen MR) is 118 cm³/mol. The molecule has 0 bridgehead atoms. The molecule has 0 aliphatic carbocycles. The Balaban J connectivity index is 1.42. The third-order valence-corrected chi connectivity index (χ3v) is 5.28. The van der Waals surface area contributed by atoms with Gasteiger partial charge in [-0.1, -0.05) is 71.7 Å². The van der Waals surface area contributed by atoms with Crippen LogP contribution in [0.2, 0.25) is 10.0 Å². The first-order chi connectivity index (χ1) is 13.6. The zero-order valence-electron chi connectivity index (χ0n) is 16.0. The molecule has 1 N–H and O–H groups in total. The van der Waals surface area contributed by atoms with Crippen LogP contribution in [0.15, 0.2) is 72.8 Å². The van der Waals surface area contributed by atoms with Crippen LogP contribution < -0.4 is 10.1 Å². The molecule has 0 fully saturated rings. The molecule has 0 aromatic heterocycles. The van der Waals surface area contributed by atoms with Crippen molar-refractivity contribution in [1.29, 1.82) is 0 Å². The zero-order valence-corrected chi connectivity index (χ0v) is 17.5. The van der Waals surface area contributed by atoms with Crippen LogP contribution in [0.1, 0.15) is 30.0 Å². The molecule has 146 valence electrons. The highest BCUT2D eigenvalue weighted by Crippen LogP contribution is 2.23. The molecule has 0 spiro atoms. The molecule has 1 atom stereocenters. The van der Waals surface area contributed by atoms with E-state index < -0.39 is 0 Å². The monoisotopic (exact) mass is 413 g/mol. The lowest BCUT2D eigenvalue weighted by Gasteiger charge is -2.14. The maximum absolute atomic E-state index is 6.18. The Morgan fingerprint density at radius 2 is 1.64 bits per heavy atom. The van der Waals surface area contributed by atoms with Crippen molar-refractivity contribution in [3.63, 3.8) is 0 Å². The quantitative estimate of drug-likeness (QED) is 0.422. The van der Waals surface area contributed by atoms with E-state index in [-0.39, 0.29) is 0 Å². The minimum Gasteiger partial charge on any atom is -0.489 e. The Bertz CT molecular complexity index is 866. The highest BCUT2D eigenvalue weighted by atomic mass is 35.5. The molecule has 0 heterocycles. The molecule has 0 saturated heterocycles. The summed E-state index contributed by atoms with van der Waals surface area (Å²) in [6.45, 7) is 3.50. The Kier molecular flexibility index (Phi) is 7.79. The summed E-state index contributed by atoms with van der Waals surface area (Å²) >= 11 is 12.1. The van der Waals surface area contributed by atoms with E-state index >= 15 is 0 Å². The van der Waals surface area contributed by atoms with Gasteiger partial charge in [0.25, 0.3) is 0 Å². The van der Waals surface area contributed by atoms with E-state index in [2.05, 4.69) is 54.7 Å². The van der Waals surface area contributed by atoms with E-state index in [1.54, 1.807) is 6.07 Å². The van der Waals surface area contributed by atoms with Gasteiger partial charge in [0, 0.05) is 28.2 Å². The first-order valence-electron chi connectivity index (χ1n) is 9.53. The van der Waals surface area contributed by atoms with Crippen molar-refractivity contribution >= 4 is 23.2 Å². The summed E-state index contributed by atoms with van der Waals surface area (Å²) < 4.78 is 5.83. The van der Waals surface area contributed by atoms with E-state index in [0.29, 0.717) is 22.7 Å². The van der Waals surface area contributed by atoms with Crippen molar-refractivity contribution in [2.75, 3.05) is 0 Å². The van der Waals surface area contributed by atoms with Crippen LogP contribution in [0.5, 0.6) is 5.75 Å². The van der Waals surface area contributed by atoms with E-state index in [4.69, 9.17) is 27.9 Å². The van der Waals surface area contributed by atoms with Gasteiger partial charge >= 0.3 is 0 Å². The van der Waals surface area contributed by atoms with Gasteiger partial charge in [0.05, 0.1) is 0 Å². The van der Waals surface area contributed by atoms with Crippen molar-refractivity contribution in [2.45, 2.75) is 39.0 Å². The lowest BCUT2D eigenvalue weighted by atomic mass is 10.1. The molecule has 0 aliphatic heterocycles. The second kappa shape index (κ2) is 10.5. The normalized spacial score (nSPS) is 12.0. The minimum atomic E-state index is 0.421. The van der Waals surface area contributed by atoms with Crippen LogP contribution in [0.4, 0.5) is 0 Å². The SMILES string of the molecule is CC(CCc1ccccc1)NCc1ccc(OCc2ccc(Cl)cc2Cl)cc1. The van der Waals surface area contributed by atoms with Crippen LogP contribution in [0.3, 0.4) is 0 Å². The Morgan fingerprint density at radius 1 is 0.893 bits per heavy atom. The van der Waals surface area contributed by atoms with Crippen LogP contribution in [-0.4, -0.2) is 6.04 Å². The second-order valence-electron chi connectivity index (χ2n) is 6.97. The van der Waals surface area contributed by atoms with Gasteiger partial charge in [-0.2, -0.15) is 0 Å². The molecule has 1 unspecified atom stereocenters. The van der Waals surface area contributed by atoms with Gasteiger partial charge in [0.2, 0.25) is 0 Å². The minimum absolute atomic E-state index is 0.421. The molecular formula is C24H25Cl2NO. The number of nitrogens with one attached hydrogen (secondary N) is 1. The first kappa shape index (κ1) is 20.7. The topological polar surface area (TPSA) is 21.3 Å². The third kappa shape index (κ3) is 6.56. The molecule has 0 radical (unpaired) electrons. The molecule has 0 saturated carbocycles. The molecular weight excluding hydrogens is 389 g/mol. The smallest absolute Gasteiger partial charge is 0.119 e. The zero-order chi connectivity index (χ0) is 19.8. The second-order valence-corrected chi connectivity index (χ2v) is 7.82. The summed E-state index contributed by atoms with van der Waals surface area (Å²) in [5.74, 6) is 0.826. The molecule has 3 aromatic rings.